The van der Waals surface area contributed by atoms with Crippen LogP contribution in [-0.2, 0) is 0 Å². The fourth-order valence-electron chi connectivity index (χ4n) is 0.982. The SMILES string of the molecule is O=C(CC(O)[N+](=O)[O-])c1ccccc1. The van der Waals surface area contributed by atoms with Crippen LogP contribution in [0, 0.1) is 10.1 Å². The van der Waals surface area contributed by atoms with Crippen LogP contribution >= 0.6 is 0 Å². The Morgan fingerprint density at radius 1 is 1.43 bits per heavy atom. The fourth-order valence-corrected chi connectivity index (χ4v) is 0.982. The highest BCUT2D eigenvalue weighted by molar-refractivity contribution is 5.96. The topological polar surface area (TPSA) is 80.4 Å². The zero-order valence-corrected chi connectivity index (χ0v) is 7.29. The number of rotatable bonds is 4. The van der Waals surface area contributed by atoms with Crippen LogP contribution in [0.4, 0.5) is 0 Å². The molecule has 0 fully saturated rings. The summed E-state index contributed by atoms with van der Waals surface area (Å²) in [5.74, 6) is -0.435. The van der Waals surface area contributed by atoms with Crippen LogP contribution in [0.1, 0.15) is 16.8 Å². The summed E-state index contributed by atoms with van der Waals surface area (Å²) in [6, 6.07) is 8.16. The molecule has 0 saturated carbocycles. The zero-order chi connectivity index (χ0) is 10.6. The summed E-state index contributed by atoms with van der Waals surface area (Å²) in [6.07, 6.45) is -2.31. The lowest BCUT2D eigenvalue weighted by molar-refractivity contribution is -0.568. The number of hydrogen-bond donors (Lipinski definition) is 1. The van der Waals surface area contributed by atoms with Crippen molar-refractivity contribution >= 4 is 5.78 Å². The van der Waals surface area contributed by atoms with Gasteiger partial charge in [0.05, 0.1) is 4.92 Å². The first-order valence-corrected chi connectivity index (χ1v) is 4.01. The number of carbonyl (C=O) groups is 1. The van der Waals surface area contributed by atoms with Crippen molar-refractivity contribution in [1.29, 1.82) is 0 Å². The Morgan fingerprint density at radius 3 is 2.50 bits per heavy atom. The Balaban J connectivity index is 2.64. The molecule has 0 aliphatic heterocycles. The van der Waals surface area contributed by atoms with Crippen molar-refractivity contribution in [1.82, 2.24) is 0 Å². The number of nitro groups is 1. The van der Waals surface area contributed by atoms with Crippen LogP contribution in [0.25, 0.3) is 0 Å². The van der Waals surface area contributed by atoms with Gasteiger partial charge in [0.25, 0.3) is 0 Å². The van der Waals surface area contributed by atoms with E-state index >= 15 is 0 Å². The largest absolute Gasteiger partial charge is 0.333 e. The molecule has 0 spiro atoms. The molecule has 1 N–H and O–H groups in total. The summed E-state index contributed by atoms with van der Waals surface area (Å²) in [5.41, 5.74) is 0.369. The Kier molecular flexibility index (Phi) is 3.30. The molecule has 1 unspecified atom stereocenters. The van der Waals surface area contributed by atoms with Crippen molar-refractivity contribution in [2.45, 2.75) is 12.6 Å². The van der Waals surface area contributed by atoms with E-state index in [-0.39, 0.29) is 0 Å². The predicted molar refractivity (Wildman–Crippen MR) is 48.4 cm³/mol. The molecule has 0 bridgehead atoms. The maximum atomic E-state index is 11.3. The second-order valence-electron chi connectivity index (χ2n) is 2.76. The lowest BCUT2D eigenvalue weighted by Crippen LogP contribution is -2.22. The molecule has 14 heavy (non-hydrogen) atoms. The van der Waals surface area contributed by atoms with Gasteiger partial charge in [0.2, 0.25) is 0 Å². The van der Waals surface area contributed by atoms with Crippen molar-refractivity contribution in [3.63, 3.8) is 0 Å². The van der Waals surface area contributed by atoms with E-state index in [1.807, 2.05) is 0 Å². The van der Waals surface area contributed by atoms with Crippen molar-refractivity contribution in [3.8, 4) is 0 Å². The molecular weight excluding hydrogens is 186 g/mol. The molecule has 0 heterocycles. The molecule has 74 valence electrons. The molecule has 0 aromatic heterocycles. The second kappa shape index (κ2) is 4.48. The number of aliphatic hydroxyl groups is 1. The van der Waals surface area contributed by atoms with Gasteiger partial charge in [0.1, 0.15) is 6.42 Å². The summed E-state index contributed by atoms with van der Waals surface area (Å²) in [5, 5.41) is 18.9. The molecule has 0 aliphatic carbocycles. The smallest absolute Gasteiger partial charge is 0.320 e. The van der Waals surface area contributed by atoms with Gasteiger partial charge in [-0.3, -0.25) is 14.9 Å². The third-order valence-electron chi connectivity index (χ3n) is 1.71. The van der Waals surface area contributed by atoms with Gasteiger partial charge in [-0.1, -0.05) is 30.3 Å². The van der Waals surface area contributed by atoms with Crippen molar-refractivity contribution in [2.24, 2.45) is 0 Å². The highest BCUT2D eigenvalue weighted by Crippen LogP contribution is 2.05. The Labute approximate surface area is 80.1 Å². The summed E-state index contributed by atoms with van der Waals surface area (Å²) >= 11 is 0. The first-order chi connectivity index (χ1) is 6.61. The normalized spacial score (nSPS) is 12.1. The van der Waals surface area contributed by atoms with Crippen molar-refractivity contribution < 1.29 is 14.8 Å². The van der Waals surface area contributed by atoms with Gasteiger partial charge < -0.3 is 5.11 Å². The third kappa shape index (κ3) is 2.63. The maximum absolute atomic E-state index is 11.3. The lowest BCUT2D eigenvalue weighted by Gasteiger charge is -2.01. The quantitative estimate of drug-likeness (QED) is 0.334. The number of aliphatic hydroxyl groups excluding tert-OH is 1. The molecule has 1 aromatic carbocycles. The molecule has 0 amide bonds. The lowest BCUT2D eigenvalue weighted by atomic mass is 10.1. The Morgan fingerprint density at radius 2 is 2.00 bits per heavy atom. The number of Topliss-reactive ketones (excluding diaryl/α,β-unsaturated/α-hetero) is 1. The van der Waals surface area contributed by atoms with Crippen molar-refractivity contribution in [3.05, 3.63) is 46.0 Å². The molecule has 1 aromatic rings. The summed E-state index contributed by atoms with van der Waals surface area (Å²) < 4.78 is 0. The van der Waals surface area contributed by atoms with Crippen LogP contribution in [0.15, 0.2) is 30.3 Å². The van der Waals surface area contributed by atoms with Crippen LogP contribution in [0.3, 0.4) is 0 Å². The number of nitrogens with zero attached hydrogens (tertiary/aromatic N) is 1. The van der Waals surface area contributed by atoms with E-state index in [4.69, 9.17) is 5.11 Å². The Bertz CT molecular complexity index is 336. The second-order valence-corrected chi connectivity index (χ2v) is 2.76. The molecule has 0 radical (unpaired) electrons. The van der Waals surface area contributed by atoms with E-state index in [9.17, 15) is 14.9 Å². The van der Waals surface area contributed by atoms with Crippen LogP contribution in [0.5, 0.6) is 0 Å². The molecule has 5 heteroatoms. The van der Waals surface area contributed by atoms with Gasteiger partial charge in [-0.25, -0.2) is 0 Å². The van der Waals surface area contributed by atoms with E-state index in [0.717, 1.165) is 0 Å². The van der Waals surface area contributed by atoms with Crippen molar-refractivity contribution in [2.75, 3.05) is 0 Å². The summed E-state index contributed by atoms with van der Waals surface area (Å²) in [6.45, 7) is 0. The van der Waals surface area contributed by atoms with Crippen LogP contribution < -0.4 is 0 Å². The van der Waals surface area contributed by atoms with Crippen LogP contribution in [0.2, 0.25) is 0 Å². The van der Waals surface area contributed by atoms with E-state index in [1.165, 1.54) is 0 Å². The third-order valence-corrected chi connectivity index (χ3v) is 1.71. The van der Waals surface area contributed by atoms with Gasteiger partial charge in [-0.2, -0.15) is 0 Å². The van der Waals surface area contributed by atoms with E-state index in [1.54, 1.807) is 30.3 Å². The summed E-state index contributed by atoms with van der Waals surface area (Å²) in [7, 11) is 0. The van der Waals surface area contributed by atoms with Gasteiger partial charge >= 0.3 is 6.23 Å². The minimum absolute atomic E-state index is 0.369. The van der Waals surface area contributed by atoms with Gasteiger partial charge in [-0.05, 0) is 0 Å². The van der Waals surface area contributed by atoms with E-state index < -0.39 is 23.4 Å². The number of carbonyl (C=O) groups excluding carboxylic acids is 1. The van der Waals surface area contributed by atoms with Gasteiger partial charge in [0, 0.05) is 5.56 Å². The molecule has 0 aliphatic rings. The average molecular weight is 195 g/mol. The van der Waals surface area contributed by atoms with Gasteiger partial charge in [-0.15, -0.1) is 0 Å². The predicted octanol–water partition coefficient (Wildman–Crippen LogP) is 0.854. The highest BCUT2D eigenvalue weighted by Gasteiger charge is 2.20. The Hall–Kier alpha value is -1.75. The molecule has 1 atom stereocenters. The van der Waals surface area contributed by atoms with Crippen LogP contribution in [-0.4, -0.2) is 22.0 Å². The van der Waals surface area contributed by atoms with E-state index in [0.29, 0.717) is 5.56 Å². The fraction of sp³-hybridized carbons (Fsp3) is 0.222. The number of benzene rings is 1. The average Bonchev–Trinajstić information content (AvgIpc) is 2.19. The molecule has 0 saturated heterocycles. The minimum Gasteiger partial charge on any atom is -0.333 e. The number of hydrogen-bond acceptors (Lipinski definition) is 4. The zero-order valence-electron chi connectivity index (χ0n) is 7.29. The maximum Gasteiger partial charge on any atom is 0.320 e. The molecule has 1 rings (SSSR count). The minimum atomic E-state index is -1.82. The monoisotopic (exact) mass is 195 g/mol. The number of ketones is 1. The standard InChI is InChI=1S/C9H9NO4/c11-8(6-9(12)10(13)14)7-4-2-1-3-5-7/h1-5,9,12H,6H2. The molecule has 5 nitrogen and oxygen atoms in total. The first kappa shape index (κ1) is 10.3. The highest BCUT2D eigenvalue weighted by atomic mass is 16.7. The van der Waals surface area contributed by atoms with Gasteiger partial charge in [0.15, 0.2) is 5.78 Å². The van der Waals surface area contributed by atoms with E-state index in [2.05, 4.69) is 0 Å². The molecular formula is C9H9NO4. The summed E-state index contributed by atoms with van der Waals surface area (Å²) in [4.78, 5) is 20.5. The first-order valence-electron chi connectivity index (χ1n) is 4.01.